The van der Waals surface area contributed by atoms with Gasteiger partial charge in [-0.05, 0) is 46.1 Å². The Morgan fingerprint density at radius 1 is 0.263 bits per heavy atom. The van der Waals surface area contributed by atoms with Crippen LogP contribution in [0.1, 0.15) is 22.3 Å². The molecule has 6 aromatic rings. The molecule has 0 bridgehead atoms. The zero-order chi connectivity index (χ0) is 25.6. The highest BCUT2D eigenvalue weighted by atomic mass is 31.1. The summed E-state index contributed by atoms with van der Waals surface area (Å²) in [7, 11) is -0.657. The molecule has 0 aliphatic rings. The third-order valence-electron chi connectivity index (χ3n) is 7.21. The van der Waals surface area contributed by atoms with E-state index >= 15 is 0 Å². The van der Waals surface area contributed by atoms with Gasteiger partial charge in [0.1, 0.15) is 0 Å². The summed E-state index contributed by atoms with van der Waals surface area (Å²) in [6.45, 7) is 0. The van der Waals surface area contributed by atoms with E-state index in [2.05, 4.69) is 176 Å². The fourth-order valence-corrected chi connectivity index (χ4v) is 7.81. The molecule has 0 atom stereocenters. The largest absolute Gasteiger partial charge is 0.0701 e. The zero-order valence-corrected chi connectivity index (χ0v) is 22.1. The maximum Gasteiger partial charge on any atom is 0.0701 e. The van der Waals surface area contributed by atoms with Crippen LogP contribution in [0.3, 0.4) is 0 Å². The van der Waals surface area contributed by atoms with Gasteiger partial charge in [0, 0.05) is 0 Å². The SMILES string of the molecule is c1ccc(P(c2ccccc2)c2ccc(C(c3ccccc3)(c3ccccc3)c3ccccc3)cc2)cc1. The van der Waals surface area contributed by atoms with Crippen LogP contribution in [0.2, 0.25) is 0 Å². The summed E-state index contributed by atoms with van der Waals surface area (Å²) >= 11 is 0. The van der Waals surface area contributed by atoms with Gasteiger partial charge in [0.2, 0.25) is 0 Å². The lowest BCUT2D eigenvalue weighted by atomic mass is 9.65. The van der Waals surface area contributed by atoms with E-state index in [1.165, 1.54) is 38.2 Å². The summed E-state index contributed by atoms with van der Waals surface area (Å²) in [6, 6.07) is 63.9. The Hall–Kier alpha value is -4.25. The van der Waals surface area contributed by atoms with Gasteiger partial charge in [0.05, 0.1) is 5.41 Å². The van der Waals surface area contributed by atoms with Gasteiger partial charge in [-0.2, -0.15) is 0 Å². The average molecular weight is 505 g/mol. The summed E-state index contributed by atoms with van der Waals surface area (Å²) in [5.74, 6) is 0. The van der Waals surface area contributed by atoms with Gasteiger partial charge >= 0.3 is 0 Å². The lowest BCUT2D eigenvalue weighted by Gasteiger charge is -2.37. The molecule has 6 rings (SSSR count). The first-order valence-corrected chi connectivity index (χ1v) is 14.4. The Balaban J connectivity index is 1.56. The molecule has 1 heteroatoms. The Labute approximate surface area is 227 Å². The topological polar surface area (TPSA) is 0 Å². The highest BCUT2D eigenvalue weighted by Gasteiger charge is 2.38. The fraction of sp³-hybridized carbons (Fsp3) is 0.0270. The van der Waals surface area contributed by atoms with Crippen molar-refractivity contribution in [1.29, 1.82) is 0 Å². The summed E-state index contributed by atoms with van der Waals surface area (Å²) in [5.41, 5.74) is 4.63. The van der Waals surface area contributed by atoms with Crippen molar-refractivity contribution >= 4 is 23.8 Å². The van der Waals surface area contributed by atoms with E-state index in [4.69, 9.17) is 0 Å². The molecule has 0 N–H and O–H groups in total. The molecule has 0 nitrogen and oxygen atoms in total. The molecule has 0 unspecified atom stereocenters. The molecule has 0 amide bonds. The minimum atomic E-state index is -0.657. The standard InChI is InChI=1S/C37H29P/c1-6-16-30(17-7-1)37(31-18-8-2-9-19-31,32-20-10-3-11-21-32)33-26-28-36(29-27-33)38(34-22-12-4-13-23-34)35-24-14-5-15-25-35/h1-29H. The lowest BCUT2D eigenvalue weighted by Crippen LogP contribution is -2.31. The van der Waals surface area contributed by atoms with Crippen molar-refractivity contribution in [3.8, 4) is 0 Å². The molecule has 0 fully saturated rings. The summed E-state index contributed by atoms with van der Waals surface area (Å²) in [6.07, 6.45) is 0. The maximum absolute atomic E-state index is 2.35. The Morgan fingerprint density at radius 3 is 0.868 bits per heavy atom. The van der Waals surface area contributed by atoms with Gasteiger partial charge in [-0.3, -0.25) is 0 Å². The third kappa shape index (κ3) is 4.49. The van der Waals surface area contributed by atoms with Crippen molar-refractivity contribution in [3.05, 3.63) is 198 Å². The van der Waals surface area contributed by atoms with Crippen molar-refractivity contribution in [3.63, 3.8) is 0 Å². The molecule has 0 saturated heterocycles. The minimum absolute atomic E-state index is 0.426. The second-order valence-corrected chi connectivity index (χ2v) is 11.6. The normalized spacial score (nSPS) is 11.4. The van der Waals surface area contributed by atoms with Crippen molar-refractivity contribution < 1.29 is 0 Å². The molecule has 0 aliphatic heterocycles. The smallest absolute Gasteiger partial charge is 0.0622 e. The lowest BCUT2D eigenvalue weighted by molar-refractivity contribution is 0.745. The van der Waals surface area contributed by atoms with Gasteiger partial charge in [0.15, 0.2) is 0 Å². The predicted octanol–water partition coefficient (Wildman–Crippen LogP) is 7.83. The van der Waals surface area contributed by atoms with Crippen LogP contribution in [0.5, 0.6) is 0 Å². The van der Waals surface area contributed by atoms with Crippen LogP contribution in [0.15, 0.2) is 176 Å². The number of benzene rings is 6. The Morgan fingerprint density at radius 2 is 0.526 bits per heavy atom. The fourth-order valence-electron chi connectivity index (χ4n) is 5.53. The molecule has 6 aromatic carbocycles. The molecular formula is C37H29P. The summed E-state index contributed by atoms with van der Waals surface area (Å²) < 4.78 is 0. The molecule has 182 valence electrons. The van der Waals surface area contributed by atoms with E-state index < -0.39 is 13.3 Å². The maximum atomic E-state index is 2.35. The average Bonchev–Trinajstić information content (AvgIpc) is 3.01. The minimum Gasteiger partial charge on any atom is -0.0622 e. The summed E-state index contributed by atoms with van der Waals surface area (Å²) in [4.78, 5) is 0. The first kappa shape index (κ1) is 24.1. The Kier molecular flexibility index (Phi) is 6.99. The van der Waals surface area contributed by atoms with Gasteiger partial charge in [0.25, 0.3) is 0 Å². The molecule has 0 heterocycles. The third-order valence-corrected chi connectivity index (χ3v) is 9.65. The predicted molar refractivity (Wildman–Crippen MR) is 163 cm³/mol. The number of rotatable bonds is 7. The Bertz CT molecular complexity index is 1430. The van der Waals surface area contributed by atoms with Crippen molar-refractivity contribution in [1.82, 2.24) is 0 Å². The van der Waals surface area contributed by atoms with E-state index in [-0.39, 0.29) is 0 Å². The van der Waals surface area contributed by atoms with Crippen LogP contribution in [-0.2, 0) is 5.41 Å². The highest BCUT2D eigenvalue weighted by Crippen LogP contribution is 2.45. The van der Waals surface area contributed by atoms with E-state index in [9.17, 15) is 0 Å². The summed E-state index contributed by atoms with van der Waals surface area (Å²) in [5, 5.41) is 4.08. The quantitative estimate of drug-likeness (QED) is 0.154. The van der Waals surface area contributed by atoms with E-state index in [0.29, 0.717) is 0 Å². The first-order valence-electron chi connectivity index (χ1n) is 13.0. The van der Waals surface area contributed by atoms with Gasteiger partial charge in [-0.25, -0.2) is 0 Å². The molecular weight excluding hydrogens is 475 g/mol. The van der Waals surface area contributed by atoms with Crippen LogP contribution in [0, 0.1) is 0 Å². The van der Waals surface area contributed by atoms with Gasteiger partial charge in [-0.15, -0.1) is 0 Å². The number of hydrogen-bond acceptors (Lipinski definition) is 0. The monoisotopic (exact) mass is 504 g/mol. The van der Waals surface area contributed by atoms with Crippen molar-refractivity contribution in [2.24, 2.45) is 0 Å². The van der Waals surface area contributed by atoms with E-state index in [1.807, 2.05) is 0 Å². The highest BCUT2D eigenvalue weighted by molar-refractivity contribution is 7.79. The van der Waals surface area contributed by atoms with Crippen LogP contribution >= 0.6 is 7.92 Å². The number of hydrogen-bond donors (Lipinski definition) is 0. The van der Waals surface area contributed by atoms with Gasteiger partial charge < -0.3 is 0 Å². The molecule has 0 spiro atoms. The van der Waals surface area contributed by atoms with Crippen LogP contribution in [-0.4, -0.2) is 0 Å². The second kappa shape index (κ2) is 11.0. The second-order valence-electron chi connectivity index (χ2n) is 9.40. The zero-order valence-electron chi connectivity index (χ0n) is 21.2. The molecule has 0 saturated carbocycles. The molecule has 0 aliphatic carbocycles. The molecule has 38 heavy (non-hydrogen) atoms. The van der Waals surface area contributed by atoms with E-state index in [1.54, 1.807) is 0 Å². The van der Waals surface area contributed by atoms with Gasteiger partial charge in [-0.1, -0.05) is 176 Å². The van der Waals surface area contributed by atoms with Crippen LogP contribution in [0.25, 0.3) is 0 Å². The van der Waals surface area contributed by atoms with Crippen LogP contribution in [0.4, 0.5) is 0 Å². The molecule has 0 radical (unpaired) electrons. The molecule has 0 aromatic heterocycles. The van der Waals surface area contributed by atoms with E-state index in [0.717, 1.165) is 0 Å². The van der Waals surface area contributed by atoms with Crippen molar-refractivity contribution in [2.75, 3.05) is 0 Å². The van der Waals surface area contributed by atoms with Crippen molar-refractivity contribution in [2.45, 2.75) is 5.41 Å². The van der Waals surface area contributed by atoms with Crippen LogP contribution < -0.4 is 15.9 Å². The first-order chi connectivity index (χ1) is 18.9.